The van der Waals surface area contributed by atoms with Gasteiger partial charge in [-0.2, -0.15) is 11.8 Å². The van der Waals surface area contributed by atoms with Crippen LogP contribution < -0.4 is 5.73 Å². The van der Waals surface area contributed by atoms with Crippen molar-refractivity contribution in [2.45, 2.75) is 100 Å². The molecule has 8 heteroatoms. The Bertz CT molecular complexity index is 748. The highest BCUT2D eigenvalue weighted by Gasteiger charge is 2.59. The summed E-state index contributed by atoms with van der Waals surface area (Å²) >= 11 is 1.64. The summed E-state index contributed by atoms with van der Waals surface area (Å²) in [5.74, 6) is -0.125. The molecule has 212 valence electrons. The Balaban J connectivity index is 6.38. The Labute approximate surface area is 224 Å². The molecule has 7 nitrogen and oxygen atoms in total. The number of thioether (sulfide) groups is 1. The second-order valence-electron chi connectivity index (χ2n) is 12.3. The van der Waals surface area contributed by atoms with Gasteiger partial charge in [-0.3, -0.25) is 14.4 Å². The van der Waals surface area contributed by atoms with Gasteiger partial charge in [0.15, 0.2) is 0 Å². The molecule has 2 N–H and O–H groups in total. The maximum absolute atomic E-state index is 13.7. The molecule has 0 heterocycles. The summed E-state index contributed by atoms with van der Waals surface area (Å²) in [4.78, 5) is 38.4. The average molecular weight is 532 g/mol. The van der Waals surface area contributed by atoms with Crippen molar-refractivity contribution in [3.05, 3.63) is 0 Å². The maximum Gasteiger partial charge on any atom is 0.312 e. The van der Waals surface area contributed by atoms with Crippen LogP contribution in [0.15, 0.2) is 0 Å². The SMILES string of the molecule is CCOC(=O)C(C)(CC(C)(C)C(C)(C)C(C)(CC(C)(C)SCCC(=O)OC)C(=O)OCCN)C(C)C. The summed E-state index contributed by atoms with van der Waals surface area (Å²) in [5, 5.41) is 0. The molecule has 36 heavy (non-hydrogen) atoms. The van der Waals surface area contributed by atoms with Gasteiger partial charge in [-0.05, 0) is 50.4 Å². The Kier molecular flexibility index (Phi) is 13.0. The molecule has 0 spiro atoms. The van der Waals surface area contributed by atoms with Crippen LogP contribution in [0, 0.1) is 27.6 Å². The summed E-state index contributed by atoms with van der Waals surface area (Å²) in [6.07, 6.45) is 1.36. The fourth-order valence-electron chi connectivity index (χ4n) is 4.97. The molecule has 0 aliphatic heterocycles. The van der Waals surface area contributed by atoms with Crippen molar-refractivity contribution in [2.24, 2.45) is 33.3 Å². The highest BCUT2D eigenvalue weighted by atomic mass is 32.2. The number of esters is 3. The second-order valence-corrected chi connectivity index (χ2v) is 14.1. The molecule has 0 aromatic heterocycles. The molecule has 0 aliphatic carbocycles. The third-order valence-electron chi connectivity index (χ3n) is 8.50. The van der Waals surface area contributed by atoms with Crippen molar-refractivity contribution >= 4 is 29.7 Å². The molecule has 0 saturated heterocycles. The molecule has 2 atom stereocenters. The van der Waals surface area contributed by atoms with Crippen LogP contribution in [0.4, 0.5) is 0 Å². The Hall–Kier alpha value is -1.28. The van der Waals surface area contributed by atoms with Gasteiger partial charge in [0, 0.05) is 17.0 Å². The van der Waals surface area contributed by atoms with Crippen molar-refractivity contribution < 1.29 is 28.6 Å². The van der Waals surface area contributed by atoms with E-state index in [1.165, 1.54) is 7.11 Å². The van der Waals surface area contributed by atoms with Crippen LogP contribution in [-0.2, 0) is 28.6 Å². The van der Waals surface area contributed by atoms with Crippen LogP contribution in [0.3, 0.4) is 0 Å². The predicted molar refractivity (Wildman–Crippen MR) is 148 cm³/mol. The lowest BCUT2D eigenvalue weighted by molar-refractivity contribution is -0.176. The first-order chi connectivity index (χ1) is 16.3. The lowest BCUT2D eigenvalue weighted by Gasteiger charge is -2.56. The van der Waals surface area contributed by atoms with E-state index in [2.05, 4.69) is 41.5 Å². The normalized spacial score (nSPS) is 16.2. The number of carbonyl (C=O) groups is 3. The maximum atomic E-state index is 13.7. The van der Waals surface area contributed by atoms with Gasteiger partial charge in [0.2, 0.25) is 0 Å². The van der Waals surface area contributed by atoms with Crippen LogP contribution in [0.25, 0.3) is 0 Å². The van der Waals surface area contributed by atoms with E-state index in [4.69, 9.17) is 19.9 Å². The zero-order chi connectivity index (χ0) is 28.6. The molecule has 0 amide bonds. The number of rotatable bonds is 16. The monoisotopic (exact) mass is 531 g/mol. The van der Waals surface area contributed by atoms with Crippen molar-refractivity contribution in [3.63, 3.8) is 0 Å². The van der Waals surface area contributed by atoms with Crippen LogP contribution in [0.5, 0.6) is 0 Å². The first kappa shape index (κ1) is 34.7. The first-order valence-corrected chi connectivity index (χ1v) is 14.0. The van der Waals surface area contributed by atoms with Gasteiger partial charge >= 0.3 is 17.9 Å². The highest BCUT2D eigenvalue weighted by molar-refractivity contribution is 8.00. The van der Waals surface area contributed by atoms with Crippen LogP contribution >= 0.6 is 11.8 Å². The predicted octanol–water partition coefficient (Wildman–Crippen LogP) is 5.63. The van der Waals surface area contributed by atoms with E-state index < -0.39 is 21.7 Å². The van der Waals surface area contributed by atoms with Crippen molar-refractivity contribution in [3.8, 4) is 0 Å². The van der Waals surface area contributed by atoms with Crippen LogP contribution in [-0.4, -0.2) is 55.3 Å². The van der Waals surface area contributed by atoms with E-state index in [0.717, 1.165) is 0 Å². The van der Waals surface area contributed by atoms with Crippen molar-refractivity contribution in [1.82, 2.24) is 0 Å². The van der Waals surface area contributed by atoms with Crippen molar-refractivity contribution in [1.29, 1.82) is 0 Å². The van der Waals surface area contributed by atoms with E-state index in [1.807, 2.05) is 34.6 Å². The van der Waals surface area contributed by atoms with E-state index in [9.17, 15) is 14.4 Å². The zero-order valence-corrected chi connectivity index (χ0v) is 25.8. The van der Waals surface area contributed by atoms with Gasteiger partial charge in [-0.15, -0.1) is 0 Å². The Morgan fingerprint density at radius 1 is 0.889 bits per heavy atom. The minimum Gasteiger partial charge on any atom is -0.469 e. The molecular formula is C28H53NO6S. The smallest absolute Gasteiger partial charge is 0.312 e. The molecule has 0 aromatic rings. The van der Waals surface area contributed by atoms with Gasteiger partial charge in [0.1, 0.15) is 6.61 Å². The molecule has 0 radical (unpaired) electrons. The summed E-state index contributed by atoms with van der Waals surface area (Å²) in [5.41, 5.74) is 2.98. The molecule has 0 aliphatic rings. The Morgan fingerprint density at radius 2 is 1.44 bits per heavy atom. The topological polar surface area (TPSA) is 105 Å². The number of methoxy groups -OCH3 is 1. The molecule has 0 rings (SSSR count). The fraction of sp³-hybridized carbons (Fsp3) is 0.893. The largest absolute Gasteiger partial charge is 0.469 e. The van der Waals surface area contributed by atoms with Gasteiger partial charge in [-0.25, -0.2) is 0 Å². The summed E-state index contributed by atoms with van der Waals surface area (Å²) < 4.78 is 15.6. The number of hydrogen-bond acceptors (Lipinski definition) is 8. The standard InChI is InChI=1S/C28H53NO6S/c1-13-34-22(31)27(10,20(2)3)18-24(4,5)26(8,9)28(11,23(32)35-16-15-29)19-25(6,7)36-17-14-21(30)33-12/h20H,13-19,29H2,1-12H3. The minimum atomic E-state index is -0.903. The molecule has 0 saturated carbocycles. The third kappa shape index (κ3) is 8.37. The quantitative estimate of drug-likeness (QED) is 0.202. The average Bonchev–Trinajstić information content (AvgIpc) is 2.75. The Morgan fingerprint density at radius 3 is 1.89 bits per heavy atom. The van der Waals surface area contributed by atoms with Crippen LogP contribution in [0.1, 0.15) is 95.4 Å². The molecule has 0 bridgehead atoms. The molecule has 0 aromatic carbocycles. The first-order valence-electron chi connectivity index (χ1n) is 13.0. The second kappa shape index (κ2) is 13.5. The minimum absolute atomic E-state index is 0.0485. The molecule has 2 unspecified atom stereocenters. The highest BCUT2D eigenvalue weighted by Crippen LogP contribution is 2.60. The summed E-state index contributed by atoms with van der Waals surface area (Å²) in [6, 6.07) is 0. The fourth-order valence-corrected chi connectivity index (χ4v) is 6.18. The van der Waals surface area contributed by atoms with E-state index in [-0.39, 0.29) is 41.7 Å². The molecule has 0 fully saturated rings. The van der Waals surface area contributed by atoms with Crippen LogP contribution in [0.2, 0.25) is 0 Å². The summed E-state index contributed by atoms with van der Waals surface area (Å²) in [7, 11) is 1.38. The lowest BCUT2D eigenvalue weighted by atomic mass is 9.48. The van der Waals surface area contributed by atoms with E-state index >= 15 is 0 Å². The van der Waals surface area contributed by atoms with E-state index in [1.54, 1.807) is 11.8 Å². The van der Waals surface area contributed by atoms with Crippen molar-refractivity contribution in [2.75, 3.05) is 32.6 Å². The number of ether oxygens (including phenoxy) is 3. The number of hydrogen-bond donors (Lipinski definition) is 1. The number of nitrogens with two attached hydrogens (primary N) is 1. The summed E-state index contributed by atoms with van der Waals surface area (Å²) in [6.45, 7) is 23.1. The third-order valence-corrected chi connectivity index (χ3v) is 9.84. The van der Waals surface area contributed by atoms with Gasteiger partial charge in [0.05, 0.1) is 31.0 Å². The van der Waals surface area contributed by atoms with Gasteiger partial charge in [-0.1, -0.05) is 55.4 Å². The molecular weight excluding hydrogens is 478 g/mol. The zero-order valence-electron chi connectivity index (χ0n) is 25.0. The number of carbonyl (C=O) groups excluding carboxylic acids is 3. The van der Waals surface area contributed by atoms with E-state index in [0.29, 0.717) is 31.6 Å². The van der Waals surface area contributed by atoms with Gasteiger partial charge < -0.3 is 19.9 Å². The lowest BCUT2D eigenvalue weighted by Crippen LogP contribution is -2.55. The van der Waals surface area contributed by atoms with Gasteiger partial charge in [0.25, 0.3) is 0 Å².